The number of carbonyl (C=O) groups excluding carboxylic acids is 1. The highest BCUT2D eigenvalue weighted by Gasteiger charge is 2.69. The summed E-state index contributed by atoms with van der Waals surface area (Å²) >= 11 is 0. The van der Waals surface area contributed by atoms with Gasteiger partial charge in [0.15, 0.2) is 12.6 Å². The van der Waals surface area contributed by atoms with Crippen LogP contribution in [0.25, 0.3) is 0 Å². The predicted octanol–water partition coefficient (Wildman–Crippen LogP) is -0.392. The minimum atomic E-state index is -1.69. The van der Waals surface area contributed by atoms with E-state index in [0.717, 1.165) is 44.9 Å². The van der Waals surface area contributed by atoms with Crippen LogP contribution in [-0.4, -0.2) is 181 Å². The number of hydrogen-bond donors (Lipinski definition) is 11. The standard InChI is InChI=1S/C47H76O18/c1-43(2)15-22-21(23(16-43)39(59)65-41-37(58)34(55)32(53)26(17-48)61-41)9-13-46(5)24(22)7-8-29-44(3)12-11-30(45(4,20-50)28(44)10-14-47(29,46)6)63-42-38(35(56)33(54)27(18-49)62-42)64-40-36(57)31(52)25(51)19-60-40/h7,21-23,25-38,40-42,48-58H,8-20H2,1-6H3. The molecule has 3 aliphatic heterocycles. The number of allylic oxidation sites excluding steroid dienone is 2. The quantitative estimate of drug-likeness (QED) is 0.0797. The zero-order chi connectivity index (χ0) is 47.3. The SMILES string of the molecule is CC1(C)CC(C(=O)OC2OC(CO)C(O)C(O)C2O)C2CCC3(C)C(=CCC4C5(C)CCC(OC6OC(CO)C(O)C(O)C6OC6OCC(O)C(O)C6O)C(C)(CO)C5CCC43C)C2C1. The van der Waals surface area contributed by atoms with Gasteiger partial charge in [-0.25, -0.2) is 0 Å². The monoisotopic (exact) mass is 929 g/mol. The van der Waals surface area contributed by atoms with Crippen LogP contribution < -0.4 is 0 Å². The van der Waals surface area contributed by atoms with Crippen molar-refractivity contribution in [3.05, 3.63) is 11.6 Å². The molecule has 11 N–H and O–H groups in total. The number of ether oxygens (including phenoxy) is 6. The van der Waals surface area contributed by atoms with Gasteiger partial charge in [-0.15, -0.1) is 0 Å². The molecule has 5 aliphatic carbocycles. The number of aliphatic hydroxyl groups excluding tert-OH is 11. The fourth-order valence-electron chi connectivity index (χ4n) is 15.0. The van der Waals surface area contributed by atoms with Gasteiger partial charge in [0.05, 0.1) is 38.4 Å². The Bertz CT molecular complexity index is 1750. The number of fused-ring (bicyclic) bond motifs is 7. The first-order chi connectivity index (χ1) is 30.5. The Morgan fingerprint density at radius 2 is 1.34 bits per heavy atom. The van der Waals surface area contributed by atoms with Crippen molar-refractivity contribution in [2.24, 2.45) is 56.7 Å². The van der Waals surface area contributed by atoms with E-state index in [4.69, 9.17) is 28.4 Å². The molecule has 0 aromatic carbocycles. The zero-order valence-corrected chi connectivity index (χ0v) is 38.6. The fourth-order valence-corrected chi connectivity index (χ4v) is 15.0. The lowest BCUT2D eigenvalue weighted by Crippen LogP contribution is -2.67. The summed E-state index contributed by atoms with van der Waals surface area (Å²) in [6.45, 7) is 11.7. The second-order valence-corrected chi connectivity index (χ2v) is 22.8. The number of aliphatic hydroxyl groups is 11. The van der Waals surface area contributed by atoms with Gasteiger partial charge in [0, 0.05) is 5.41 Å². The third kappa shape index (κ3) is 8.08. The molecule has 3 heterocycles. The molecule has 372 valence electrons. The third-order valence-electron chi connectivity index (χ3n) is 18.8. The van der Waals surface area contributed by atoms with Gasteiger partial charge in [-0.3, -0.25) is 4.79 Å². The molecule has 8 rings (SSSR count). The van der Waals surface area contributed by atoms with Gasteiger partial charge in [-0.1, -0.05) is 53.2 Å². The van der Waals surface area contributed by atoms with Crippen molar-refractivity contribution < 1.29 is 89.4 Å². The number of rotatable bonds is 9. The largest absolute Gasteiger partial charge is 0.432 e. The van der Waals surface area contributed by atoms with E-state index in [-0.39, 0.29) is 58.5 Å². The highest BCUT2D eigenvalue weighted by molar-refractivity contribution is 5.73. The van der Waals surface area contributed by atoms with E-state index in [2.05, 4.69) is 40.7 Å². The molecule has 3 saturated heterocycles. The first-order valence-corrected chi connectivity index (χ1v) is 23.9. The van der Waals surface area contributed by atoms with E-state index in [1.165, 1.54) is 5.57 Å². The normalized spacial score (nSPS) is 54.3. The zero-order valence-electron chi connectivity index (χ0n) is 38.6. The van der Waals surface area contributed by atoms with Crippen LogP contribution in [0, 0.1) is 56.7 Å². The molecule has 0 bridgehead atoms. The molecular weight excluding hydrogens is 852 g/mol. The third-order valence-corrected chi connectivity index (χ3v) is 18.8. The van der Waals surface area contributed by atoms with E-state index in [0.29, 0.717) is 12.8 Å². The van der Waals surface area contributed by atoms with Crippen molar-refractivity contribution in [1.82, 2.24) is 0 Å². The number of hydrogen-bond acceptors (Lipinski definition) is 18. The smallest absolute Gasteiger partial charge is 0.311 e. The molecule has 0 amide bonds. The molecule has 0 aromatic rings. The highest BCUT2D eigenvalue weighted by atomic mass is 16.8. The maximum Gasteiger partial charge on any atom is 0.311 e. The van der Waals surface area contributed by atoms with Gasteiger partial charge >= 0.3 is 5.97 Å². The Kier molecular flexibility index (Phi) is 13.9. The van der Waals surface area contributed by atoms with Crippen LogP contribution in [0.1, 0.15) is 99.3 Å². The Morgan fingerprint density at radius 1 is 0.692 bits per heavy atom. The molecule has 0 aromatic heterocycles. The summed E-state index contributed by atoms with van der Waals surface area (Å²) < 4.78 is 35.6. The van der Waals surface area contributed by atoms with Gasteiger partial charge in [0.1, 0.15) is 67.1 Å². The minimum absolute atomic E-state index is 0.0193. The first-order valence-electron chi connectivity index (χ1n) is 23.9. The predicted molar refractivity (Wildman–Crippen MR) is 226 cm³/mol. The van der Waals surface area contributed by atoms with E-state index >= 15 is 0 Å². The van der Waals surface area contributed by atoms with Crippen molar-refractivity contribution in [3.63, 3.8) is 0 Å². The number of esters is 1. The molecule has 4 saturated carbocycles. The summed E-state index contributed by atoms with van der Waals surface area (Å²) in [6, 6.07) is 0. The molecular formula is C47H76O18. The van der Waals surface area contributed by atoms with Crippen LogP contribution in [0.4, 0.5) is 0 Å². The van der Waals surface area contributed by atoms with Crippen LogP contribution in [0.5, 0.6) is 0 Å². The number of carbonyl (C=O) groups is 1. The Hall–Kier alpha value is -1.43. The molecule has 8 aliphatic rings. The fraction of sp³-hybridized carbons (Fsp3) is 0.936. The lowest BCUT2D eigenvalue weighted by atomic mass is 9.34. The lowest BCUT2D eigenvalue weighted by Gasteiger charge is -2.71. The maximum atomic E-state index is 14.2. The topological polar surface area (TPSA) is 295 Å². The molecule has 24 unspecified atom stereocenters. The molecule has 18 nitrogen and oxygen atoms in total. The van der Waals surface area contributed by atoms with E-state index < -0.39 is 123 Å². The van der Waals surface area contributed by atoms with Crippen molar-refractivity contribution in [2.75, 3.05) is 26.4 Å². The van der Waals surface area contributed by atoms with Gasteiger partial charge in [-0.2, -0.15) is 0 Å². The summed E-state index contributed by atoms with van der Waals surface area (Å²) in [7, 11) is 0. The Morgan fingerprint density at radius 3 is 2.00 bits per heavy atom. The second kappa shape index (κ2) is 18.1. The summed E-state index contributed by atoms with van der Waals surface area (Å²) in [5.41, 5.74) is -0.275. The van der Waals surface area contributed by atoms with Crippen LogP contribution in [0.3, 0.4) is 0 Å². The summed E-state index contributed by atoms with van der Waals surface area (Å²) in [5.74, 6) is -0.759. The van der Waals surface area contributed by atoms with Gasteiger partial charge in [0.2, 0.25) is 6.29 Å². The molecule has 0 spiro atoms. The van der Waals surface area contributed by atoms with E-state index in [1.54, 1.807) is 0 Å². The van der Waals surface area contributed by atoms with Gasteiger partial charge < -0.3 is 84.6 Å². The summed E-state index contributed by atoms with van der Waals surface area (Å²) in [6.07, 6.45) is -12.5. The summed E-state index contributed by atoms with van der Waals surface area (Å²) in [5, 5.41) is 116. The van der Waals surface area contributed by atoms with Crippen LogP contribution in [0.15, 0.2) is 11.6 Å². The van der Waals surface area contributed by atoms with E-state index in [1.807, 2.05) is 6.92 Å². The average molecular weight is 929 g/mol. The van der Waals surface area contributed by atoms with Crippen LogP contribution in [-0.2, 0) is 33.2 Å². The molecule has 65 heavy (non-hydrogen) atoms. The van der Waals surface area contributed by atoms with Crippen molar-refractivity contribution in [2.45, 2.75) is 191 Å². The van der Waals surface area contributed by atoms with Crippen molar-refractivity contribution in [1.29, 1.82) is 0 Å². The van der Waals surface area contributed by atoms with Crippen molar-refractivity contribution in [3.8, 4) is 0 Å². The molecule has 0 radical (unpaired) electrons. The second-order valence-electron chi connectivity index (χ2n) is 22.8. The van der Waals surface area contributed by atoms with Crippen LogP contribution >= 0.6 is 0 Å². The minimum Gasteiger partial charge on any atom is -0.432 e. The van der Waals surface area contributed by atoms with Crippen LogP contribution in [0.2, 0.25) is 0 Å². The van der Waals surface area contributed by atoms with Gasteiger partial charge in [-0.05, 0) is 103 Å². The lowest BCUT2D eigenvalue weighted by molar-refractivity contribution is -0.371. The molecule has 7 fully saturated rings. The van der Waals surface area contributed by atoms with Crippen molar-refractivity contribution >= 4 is 5.97 Å². The van der Waals surface area contributed by atoms with E-state index in [9.17, 15) is 61.0 Å². The first kappa shape index (κ1) is 50.0. The Balaban J connectivity index is 1.03. The van der Waals surface area contributed by atoms with Gasteiger partial charge in [0.25, 0.3) is 0 Å². The highest BCUT2D eigenvalue weighted by Crippen LogP contribution is 2.75. The maximum absolute atomic E-state index is 14.2. The molecule has 24 atom stereocenters. The summed E-state index contributed by atoms with van der Waals surface area (Å²) in [4.78, 5) is 14.2. The average Bonchev–Trinajstić information content (AvgIpc) is 3.26. The Labute approximate surface area is 380 Å². The molecule has 18 heteroatoms.